The fourth-order valence-electron chi connectivity index (χ4n) is 1.29. The van der Waals surface area contributed by atoms with Crippen LogP contribution in [0.3, 0.4) is 0 Å². The summed E-state index contributed by atoms with van der Waals surface area (Å²) in [5.74, 6) is 0.202. The van der Waals surface area contributed by atoms with Crippen LogP contribution in [-0.2, 0) is 9.53 Å². The predicted octanol–water partition coefficient (Wildman–Crippen LogP) is 2.16. The average Bonchev–Trinajstić information content (AvgIpc) is 2.36. The Kier molecular flexibility index (Phi) is 5.56. The number of hydrogen-bond donors (Lipinski definition) is 1. The zero-order valence-corrected chi connectivity index (χ0v) is 10.7. The van der Waals surface area contributed by atoms with Crippen molar-refractivity contribution in [2.45, 2.75) is 6.42 Å². The summed E-state index contributed by atoms with van der Waals surface area (Å²) in [7, 11) is 1.31. The zero-order valence-electron chi connectivity index (χ0n) is 9.86. The van der Waals surface area contributed by atoms with Crippen molar-refractivity contribution >= 4 is 29.3 Å². The van der Waals surface area contributed by atoms with E-state index < -0.39 is 5.97 Å². The van der Waals surface area contributed by atoms with Crippen molar-refractivity contribution in [3.05, 3.63) is 29.8 Å². The highest BCUT2D eigenvalue weighted by Gasteiger charge is 2.12. The van der Waals surface area contributed by atoms with Gasteiger partial charge in [-0.25, -0.2) is 4.79 Å². The first-order chi connectivity index (χ1) is 8.19. The van der Waals surface area contributed by atoms with E-state index in [0.717, 1.165) is 5.75 Å². The van der Waals surface area contributed by atoms with Crippen LogP contribution in [0.5, 0.6) is 0 Å². The summed E-state index contributed by atoms with van der Waals surface area (Å²) in [5, 5.41) is 2.71. The second-order valence-electron chi connectivity index (χ2n) is 3.33. The normalized spacial score (nSPS) is 9.76. The molecule has 1 aromatic rings. The molecule has 0 fully saturated rings. The van der Waals surface area contributed by atoms with Gasteiger partial charge in [-0.2, -0.15) is 11.8 Å². The number of rotatable bonds is 5. The lowest BCUT2D eigenvalue weighted by Gasteiger charge is -2.09. The Hall–Kier alpha value is -1.49. The number of carbonyl (C=O) groups is 2. The number of esters is 1. The molecule has 1 rings (SSSR count). The first kappa shape index (κ1) is 13.6. The highest BCUT2D eigenvalue weighted by molar-refractivity contribution is 7.98. The standard InChI is InChI=1S/C12H15NO3S/c1-16-12(15)9-5-3-4-6-10(9)13-11(14)7-8-17-2/h3-6H,7-8H2,1-2H3,(H,13,14). The maximum atomic E-state index is 11.6. The van der Waals surface area contributed by atoms with E-state index in [-0.39, 0.29) is 5.91 Å². The molecule has 0 atom stereocenters. The van der Waals surface area contributed by atoms with Gasteiger partial charge < -0.3 is 10.1 Å². The number of nitrogens with one attached hydrogen (secondary N) is 1. The van der Waals surface area contributed by atoms with Gasteiger partial charge in [-0.15, -0.1) is 0 Å². The van der Waals surface area contributed by atoms with Gasteiger partial charge in [0.25, 0.3) is 0 Å². The van der Waals surface area contributed by atoms with Crippen LogP contribution in [0.4, 0.5) is 5.69 Å². The third-order valence-corrected chi connectivity index (χ3v) is 2.75. The van der Waals surface area contributed by atoms with Gasteiger partial charge in [0.15, 0.2) is 0 Å². The lowest BCUT2D eigenvalue weighted by molar-refractivity contribution is -0.115. The Morgan fingerprint density at radius 2 is 2.06 bits per heavy atom. The molecule has 0 radical (unpaired) electrons. The Morgan fingerprint density at radius 3 is 2.71 bits per heavy atom. The molecule has 0 aliphatic heterocycles. The smallest absolute Gasteiger partial charge is 0.339 e. The van der Waals surface area contributed by atoms with E-state index in [4.69, 9.17) is 0 Å². The van der Waals surface area contributed by atoms with Crippen molar-refractivity contribution in [3.63, 3.8) is 0 Å². The van der Waals surface area contributed by atoms with Crippen molar-refractivity contribution in [3.8, 4) is 0 Å². The van der Waals surface area contributed by atoms with Crippen molar-refractivity contribution in [2.24, 2.45) is 0 Å². The van der Waals surface area contributed by atoms with Crippen molar-refractivity contribution in [1.29, 1.82) is 0 Å². The van der Waals surface area contributed by atoms with E-state index in [0.29, 0.717) is 17.7 Å². The van der Waals surface area contributed by atoms with Gasteiger partial charge in [0.05, 0.1) is 18.4 Å². The molecule has 5 heteroatoms. The Bertz CT molecular complexity index is 406. The monoisotopic (exact) mass is 253 g/mol. The molecule has 0 unspecified atom stereocenters. The maximum Gasteiger partial charge on any atom is 0.339 e. The van der Waals surface area contributed by atoms with Crippen molar-refractivity contribution in [2.75, 3.05) is 24.4 Å². The van der Waals surface area contributed by atoms with E-state index >= 15 is 0 Å². The third kappa shape index (κ3) is 4.11. The van der Waals surface area contributed by atoms with Gasteiger partial charge >= 0.3 is 5.97 Å². The van der Waals surface area contributed by atoms with Crippen LogP contribution in [0.2, 0.25) is 0 Å². The fourth-order valence-corrected chi connectivity index (χ4v) is 1.68. The Morgan fingerprint density at radius 1 is 1.35 bits per heavy atom. The molecule has 1 N–H and O–H groups in total. The number of para-hydroxylation sites is 1. The molecule has 0 aromatic heterocycles. The molecule has 92 valence electrons. The van der Waals surface area contributed by atoms with Gasteiger partial charge in [0, 0.05) is 12.2 Å². The molecule has 1 aromatic carbocycles. The molecular formula is C12H15NO3S. The summed E-state index contributed by atoms with van der Waals surface area (Å²) >= 11 is 1.60. The topological polar surface area (TPSA) is 55.4 Å². The van der Waals surface area contributed by atoms with E-state index in [1.807, 2.05) is 6.26 Å². The first-order valence-electron chi connectivity index (χ1n) is 5.15. The van der Waals surface area contributed by atoms with Crippen LogP contribution in [0, 0.1) is 0 Å². The lowest BCUT2D eigenvalue weighted by atomic mass is 10.2. The number of thioether (sulfide) groups is 1. The highest BCUT2D eigenvalue weighted by Crippen LogP contribution is 2.16. The minimum atomic E-state index is -0.453. The molecule has 0 aliphatic carbocycles. The number of amides is 1. The third-order valence-electron chi connectivity index (χ3n) is 2.14. The lowest BCUT2D eigenvalue weighted by Crippen LogP contribution is -2.15. The number of benzene rings is 1. The predicted molar refractivity (Wildman–Crippen MR) is 69.4 cm³/mol. The van der Waals surface area contributed by atoms with E-state index in [2.05, 4.69) is 10.1 Å². The summed E-state index contributed by atoms with van der Waals surface area (Å²) in [5.41, 5.74) is 0.859. The molecule has 0 aliphatic rings. The van der Waals surface area contributed by atoms with Crippen LogP contribution < -0.4 is 5.32 Å². The van der Waals surface area contributed by atoms with Crippen LogP contribution in [-0.4, -0.2) is 31.0 Å². The summed E-state index contributed by atoms with van der Waals surface area (Å²) in [6.07, 6.45) is 2.37. The number of carbonyl (C=O) groups excluding carboxylic acids is 2. The summed E-state index contributed by atoms with van der Waals surface area (Å²) in [6, 6.07) is 6.79. The van der Waals surface area contributed by atoms with Crippen molar-refractivity contribution in [1.82, 2.24) is 0 Å². The molecule has 0 saturated heterocycles. The van der Waals surface area contributed by atoms with E-state index in [1.54, 1.807) is 36.0 Å². The molecule has 1 amide bonds. The first-order valence-corrected chi connectivity index (χ1v) is 6.54. The largest absolute Gasteiger partial charge is 0.465 e. The minimum Gasteiger partial charge on any atom is -0.465 e. The Labute approximate surface area is 105 Å². The Balaban J connectivity index is 2.76. The maximum absolute atomic E-state index is 11.6. The number of methoxy groups -OCH3 is 1. The quantitative estimate of drug-likeness (QED) is 0.817. The fraction of sp³-hybridized carbons (Fsp3) is 0.333. The molecular weight excluding hydrogens is 238 g/mol. The SMILES string of the molecule is COC(=O)c1ccccc1NC(=O)CCSC. The van der Waals surface area contributed by atoms with Crippen LogP contribution in [0.15, 0.2) is 24.3 Å². The van der Waals surface area contributed by atoms with E-state index in [1.165, 1.54) is 7.11 Å². The van der Waals surface area contributed by atoms with Gasteiger partial charge in [-0.05, 0) is 18.4 Å². The van der Waals surface area contributed by atoms with E-state index in [9.17, 15) is 9.59 Å². The molecule has 17 heavy (non-hydrogen) atoms. The van der Waals surface area contributed by atoms with Crippen LogP contribution in [0.25, 0.3) is 0 Å². The second kappa shape index (κ2) is 6.96. The highest BCUT2D eigenvalue weighted by atomic mass is 32.2. The van der Waals surface area contributed by atoms with Crippen molar-refractivity contribution < 1.29 is 14.3 Å². The average molecular weight is 253 g/mol. The number of anilines is 1. The summed E-state index contributed by atoms with van der Waals surface area (Å²) in [6.45, 7) is 0. The van der Waals surface area contributed by atoms with Gasteiger partial charge in [0.2, 0.25) is 5.91 Å². The molecule has 0 spiro atoms. The minimum absolute atomic E-state index is 0.101. The molecule has 0 saturated carbocycles. The molecule has 0 bridgehead atoms. The number of hydrogen-bond acceptors (Lipinski definition) is 4. The van der Waals surface area contributed by atoms with Gasteiger partial charge in [-0.3, -0.25) is 4.79 Å². The van der Waals surface area contributed by atoms with Gasteiger partial charge in [0.1, 0.15) is 0 Å². The summed E-state index contributed by atoms with van der Waals surface area (Å²) < 4.78 is 4.65. The summed E-state index contributed by atoms with van der Waals surface area (Å²) in [4.78, 5) is 23.0. The zero-order chi connectivity index (χ0) is 12.7. The molecule has 4 nitrogen and oxygen atoms in total. The number of ether oxygens (including phenoxy) is 1. The van der Waals surface area contributed by atoms with Crippen LogP contribution >= 0.6 is 11.8 Å². The van der Waals surface area contributed by atoms with Gasteiger partial charge in [-0.1, -0.05) is 12.1 Å². The second-order valence-corrected chi connectivity index (χ2v) is 4.31. The molecule has 0 heterocycles. The van der Waals surface area contributed by atoms with Crippen LogP contribution in [0.1, 0.15) is 16.8 Å².